The Hall–Kier alpha value is -2.94. The van der Waals surface area contributed by atoms with E-state index in [9.17, 15) is 23.8 Å². The minimum atomic E-state index is -1.09. The molecule has 3 N–H and O–H groups in total. The molecular weight excluding hydrogens is 594 g/mol. The predicted octanol–water partition coefficient (Wildman–Crippen LogP) is 3.75. The normalized spacial score (nSPS) is 31.4. The molecule has 7 rings (SSSR count). The van der Waals surface area contributed by atoms with E-state index >= 15 is 0 Å². The topological polar surface area (TPSA) is 145 Å². The van der Waals surface area contributed by atoms with Crippen molar-refractivity contribution in [3.05, 3.63) is 35.4 Å². The quantitative estimate of drug-likeness (QED) is 0.116. The number of nitrogens with zero attached hydrogens (tertiary/aromatic N) is 5. The van der Waals surface area contributed by atoms with Crippen LogP contribution in [-0.2, 0) is 14.3 Å². The first-order valence-corrected chi connectivity index (χ1v) is 16.2. The van der Waals surface area contributed by atoms with Gasteiger partial charge < -0.3 is 25.0 Å². The van der Waals surface area contributed by atoms with Crippen LogP contribution in [0.1, 0.15) is 69.9 Å². The number of thioether (sulfide) groups is 1. The Kier molecular flexibility index (Phi) is 7.54. The number of hydrogen-bond acceptors (Lipinski definition) is 11. The molecule has 0 amide bonds. The Morgan fingerprint density at radius 3 is 2.75 bits per heavy atom. The van der Waals surface area contributed by atoms with Gasteiger partial charge in [-0.2, -0.15) is 0 Å². The van der Waals surface area contributed by atoms with E-state index in [1.54, 1.807) is 10.7 Å². The van der Waals surface area contributed by atoms with Gasteiger partial charge in [0, 0.05) is 23.1 Å². The number of aromatic nitrogens is 5. The molecule has 14 heteroatoms. The van der Waals surface area contributed by atoms with Crippen molar-refractivity contribution in [3.63, 3.8) is 0 Å². The zero-order chi connectivity index (χ0) is 30.8. The van der Waals surface area contributed by atoms with Crippen molar-refractivity contribution in [2.75, 3.05) is 24.3 Å². The second-order valence-corrected chi connectivity index (χ2v) is 13.9. The van der Waals surface area contributed by atoms with Gasteiger partial charge in [0.1, 0.15) is 12.7 Å². The molecule has 0 radical (unpaired) electrons. The van der Waals surface area contributed by atoms with Crippen LogP contribution >= 0.6 is 11.8 Å². The number of anilines is 1. The summed E-state index contributed by atoms with van der Waals surface area (Å²) < 4.78 is 40.2. The molecule has 2 unspecified atom stereocenters. The fourth-order valence-electron chi connectivity index (χ4n) is 6.41. The maximum Gasteiger partial charge on any atom is 0.311 e. The third kappa shape index (κ3) is 5.33. The number of rotatable bonds is 12. The third-order valence-electron chi connectivity index (χ3n) is 9.61. The number of aliphatic hydroxyl groups excluding tert-OH is 2. The van der Waals surface area contributed by atoms with Crippen LogP contribution in [0.25, 0.3) is 11.2 Å². The van der Waals surface area contributed by atoms with Gasteiger partial charge in [-0.05, 0) is 63.1 Å². The van der Waals surface area contributed by atoms with Crippen LogP contribution in [0.4, 0.5) is 14.6 Å². The average Bonchev–Trinajstić information content (AvgIpc) is 3.97. The van der Waals surface area contributed by atoms with E-state index in [0.29, 0.717) is 35.0 Å². The van der Waals surface area contributed by atoms with Gasteiger partial charge in [0.25, 0.3) is 0 Å². The zero-order valence-corrected chi connectivity index (χ0v) is 25.4. The van der Waals surface area contributed by atoms with Crippen LogP contribution in [0.2, 0.25) is 0 Å². The molecule has 4 saturated carbocycles. The molecule has 236 valence electrons. The average molecular weight is 631 g/mol. The molecule has 4 fully saturated rings. The monoisotopic (exact) mass is 630 g/mol. The minimum absolute atomic E-state index is 0.0102. The second kappa shape index (κ2) is 11.1. The van der Waals surface area contributed by atoms with Crippen molar-refractivity contribution in [1.29, 1.82) is 0 Å². The summed E-state index contributed by atoms with van der Waals surface area (Å²) in [6, 6.07) is 3.71. The number of halogens is 2. The Morgan fingerprint density at radius 1 is 1.18 bits per heavy atom. The van der Waals surface area contributed by atoms with E-state index in [2.05, 4.69) is 22.6 Å². The lowest BCUT2D eigenvalue weighted by Gasteiger charge is -2.18. The van der Waals surface area contributed by atoms with Crippen LogP contribution in [0.3, 0.4) is 0 Å². The number of hydrogen-bond donors (Lipinski definition) is 3. The molecule has 2 heterocycles. The predicted molar refractivity (Wildman–Crippen MR) is 156 cm³/mol. The molecule has 0 saturated heterocycles. The summed E-state index contributed by atoms with van der Waals surface area (Å²) in [7, 11) is 0. The molecule has 7 atom stereocenters. The molecule has 2 aromatic heterocycles. The molecule has 4 aliphatic rings. The van der Waals surface area contributed by atoms with Crippen molar-refractivity contribution >= 4 is 34.7 Å². The van der Waals surface area contributed by atoms with E-state index in [-0.39, 0.29) is 42.6 Å². The highest BCUT2D eigenvalue weighted by atomic mass is 32.2. The molecule has 4 aliphatic carbocycles. The Labute approximate surface area is 257 Å². The minimum Gasteiger partial charge on any atom is -0.463 e. The van der Waals surface area contributed by atoms with Gasteiger partial charge in [0.2, 0.25) is 0 Å². The number of ether oxygens (including phenoxy) is 2. The van der Waals surface area contributed by atoms with Crippen LogP contribution in [0.5, 0.6) is 0 Å². The van der Waals surface area contributed by atoms with Crippen LogP contribution in [0, 0.1) is 22.5 Å². The number of aliphatic hydroxyl groups is 2. The first-order valence-electron chi connectivity index (χ1n) is 15.3. The highest BCUT2D eigenvalue weighted by molar-refractivity contribution is 7.99. The lowest BCUT2D eigenvalue weighted by Crippen LogP contribution is -2.34. The smallest absolute Gasteiger partial charge is 0.311 e. The standard InChI is InChI=1S/C30H36F2N6O5S/c1-3-10-44-28-34-25(33-19-12-16(19)15-4-5-17(31)18(32)11-15)22-26(35-28)38(37-36-22)21-14-30(21)13-20(23(39)24(30)40)42-8-9-43-27(41)29(2)6-7-29/h4-5,11,16,19-21,23-24,39-40H,3,6-10,12-14H2,1-2H3,(H,33,34,35)/t16-,19+,20-,21?,23+,24+,30?/m0/s1. The summed E-state index contributed by atoms with van der Waals surface area (Å²) in [4.78, 5) is 21.6. The second-order valence-electron chi connectivity index (χ2n) is 12.9. The Balaban J connectivity index is 1.06. The zero-order valence-electron chi connectivity index (χ0n) is 24.6. The van der Waals surface area contributed by atoms with Crippen molar-refractivity contribution in [1.82, 2.24) is 25.0 Å². The first-order chi connectivity index (χ1) is 21.1. The SMILES string of the molecule is CCCSc1nc(N[C@@H]2C[C@H]2c2ccc(F)c(F)c2)c2nnn(C3CC34C[C@H](OCCOC(=O)C3(C)CC3)[C@@H](O)[C@H]4O)c2n1. The Bertz CT molecular complexity index is 1590. The van der Waals surface area contributed by atoms with E-state index in [1.165, 1.54) is 17.8 Å². The number of benzene rings is 1. The molecule has 1 spiro atoms. The molecule has 11 nitrogen and oxygen atoms in total. The van der Waals surface area contributed by atoms with Gasteiger partial charge in [-0.25, -0.2) is 23.4 Å². The van der Waals surface area contributed by atoms with Gasteiger partial charge in [0.05, 0.1) is 30.3 Å². The molecule has 3 aromatic rings. The van der Waals surface area contributed by atoms with E-state index in [1.807, 2.05) is 6.92 Å². The van der Waals surface area contributed by atoms with E-state index in [0.717, 1.165) is 43.1 Å². The maximum absolute atomic E-state index is 13.8. The molecular formula is C30H36F2N6O5S. The Morgan fingerprint density at radius 2 is 2.00 bits per heavy atom. The van der Waals surface area contributed by atoms with E-state index in [4.69, 9.17) is 19.4 Å². The highest BCUT2D eigenvalue weighted by Gasteiger charge is 2.68. The number of fused-ring (bicyclic) bond motifs is 1. The molecule has 1 aromatic carbocycles. The number of esters is 1. The van der Waals surface area contributed by atoms with E-state index < -0.39 is 35.4 Å². The summed E-state index contributed by atoms with van der Waals surface area (Å²) in [6.07, 6.45) is 1.60. The van der Waals surface area contributed by atoms with Crippen LogP contribution in [0.15, 0.2) is 23.4 Å². The largest absolute Gasteiger partial charge is 0.463 e. The third-order valence-corrected chi connectivity index (χ3v) is 10.7. The van der Waals surface area contributed by atoms with Gasteiger partial charge in [-0.1, -0.05) is 30.0 Å². The van der Waals surface area contributed by atoms with Crippen molar-refractivity contribution < 1.29 is 33.3 Å². The van der Waals surface area contributed by atoms with Crippen LogP contribution < -0.4 is 5.32 Å². The molecule has 0 aliphatic heterocycles. The summed E-state index contributed by atoms with van der Waals surface area (Å²) >= 11 is 1.52. The lowest BCUT2D eigenvalue weighted by atomic mass is 10.0. The summed E-state index contributed by atoms with van der Waals surface area (Å²) in [5.41, 5.74) is 0.713. The number of carbonyl (C=O) groups is 1. The maximum atomic E-state index is 13.8. The summed E-state index contributed by atoms with van der Waals surface area (Å²) in [5, 5.41) is 34.8. The van der Waals surface area contributed by atoms with Crippen molar-refractivity contribution in [2.24, 2.45) is 10.8 Å². The summed E-state index contributed by atoms with van der Waals surface area (Å²) in [5.74, 6) is -0.609. The fraction of sp³-hybridized carbons (Fsp3) is 0.633. The van der Waals surface area contributed by atoms with Gasteiger partial charge in [0.15, 0.2) is 33.8 Å². The van der Waals surface area contributed by atoms with Crippen LogP contribution in [-0.4, -0.2) is 84.5 Å². The fourth-order valence-corrected chi connectivity index (χ4v) is 7.10. The van der Waals surface area contributed by atoms with Gasteiger partial charge in [-0.15, -0.1) is 5.10 Å². The number of nitrogens with one attached hydrogen (secondary N) is 1. The van der Waals surface area contributed by atoms with Crippen molar-refractivity contribution in [2.45, 2.75) is 93.8 Å². The highest BCUT2D eigenvalue weighted by Crippen LogP contribution is 2.66. The summed E-state index contributed by atoms with van der Waals surface area (Å²) in [6.45, 7) is 4.19. The number of carbonyl (C=O) groups excluding carboxylic acids is 1. The molecule has 0 bridgehead atoms. The first kappa shape index (κ1) is 29.8. The lowest BCUT2D eigenvalue weighted by molar-refractivity contribution is -0.152. The van der Waals surface area contributed by atoms with Crippen molar-refractivity contribution in [3.8, 4) is 0 Å². The van der Waals surface area contributed by atoms with Gasteiger partial charge >= 0.3 is 5.97 Å². The van der Waals surface area contributed by atoms with Gasteiger partial charge in [-0.3, -0.25) is 4.79 Å². The molecule has 44 heavy (non-hydrogen) atoms.